The zero-order chi connectivity index (χ0) is 13.4. The quantitative estimate of drug-likeness (QED) is 0.876. The monoisotopic (exact) mass is 316 g/mol. The van der Waals surface area contributed by atoms with Gasteiger partial charge in [-0.15, -0.1) is 22.6 Å². The van der Waals surface area contributed by atoms with Gasteiger partial charge >= 0.3 is 6.18 Å². The van der Waals surface area contributed by atoms with Gasteiger partial charge in [-0.25, -0.2) is 0 Å². The van der Waals surface area contributed by atoms with Crippen molar-refractivity contribution in [2.24, 2.45) is 5.73 Å². The lowest BCUT2D eigenvalue weighted by molar-refractivity contribution is -0.138. The van der Waals surface area contributed by atoms with Gasteiger partial charge in [-0.05, 0) is 12.8 Å². The van der Waals surface area contributed by atoms with E-state index in [2.05, 4.69) is 15.5 Å². The summed E-state index contributed by atoms with van der Waals surface area (Å²) >= 11 is 0.291. The lowest BCUT2D eigenvalue weighted by Gasteiger charge is -2.20. The molecule has 1 heterocycles. The number of hydrogen-bond acceptors (Lipinski definition) is 5. The van der Waals surface area contributed by atoms with Crippen LogP contribution in [0.25, 0.3) is 0 Å². The second-order valence-electron chi connectivity index (χ2n) is 4.23. The fourth-order valence-electron chi connectivity index (χ4n) is 1.84. The van der Waals surface area contributed by atoms with Gasteiger partial charge in [0.15, 0.2) is 0 Å². The number of amides is 1. The van der Waals surface area contributed by atoms with E-state index in [1.54, 1.807) is 0 Å². The van der Waals surface area contributed by atoms with Crippen molar-refractivity contribution in [3.8, 4) is 0 Å². The molecular weight excluding hydrogens is 305 g/mol. The van der Waals surface area contributed by atoms with Crippen LogP contribution in [0.1, 0.15) is 30.7 Å². The fourth-order valence-corrected chi connectivity index (χ4v) is 2.45. The number of alkyl halides is 3. The Hall–Kier alpha value is -0.930. The summed E-state index contributed by atoms with van der Waals surface area (Å²) in [5.74, 6) is -0.495. The molecule has 2 rings (SSSR count). The lowest BCUT2D eigenvalue weighted by atomic mass is 9.98. The van der Waals surface area contributed by atoms with Gasteiger partial charge in [0.05, 0.1) is 5.54 Å². The van der Waals surface area contributed by atoms with Gasteiger partial charge in [0, 0.05) is 0 Å². The first-order valence-electron chi connectivity index (χ1n) is 5.32. The van der Waals surface area contributed by atoms with Gasteiger partial charge in [0.2, 0.25) is 16.0 Å². The molecule has 3 N–H and O–H groups in total. The van der Waals surface area contributed by atoms with E-state index in [9.17, 15) is 18.0 Å². The predicted molar refractivity (Wildman–Crippen MR) is 66.2 cm³/mol. The van der Waals surface area contributed by atoms with E-state index in [-0.39, 0.29) is 17.5 Å². The van der Waals surface area contributed by atoms with E-state index in [1.165, 1.54) is 0 Å². The summed E-state index contributed by atoms with van der Waals surface area (Å²) < 4.78 is 36.9. The second kappa shape index (κ2) is 5.59. The highest BCUT2D eigenvalue weighted by Crippen LogP contribution is 2.34. The Kier molecular flexibility index (Phi) is 4.75. The first-order chi connectivity index (χ1) is 8.31. The van der Waals surface area contributed by atoms with E-state index in [4.69, 9.17) is 5.73 Å². The van der Waals surface area contributed by atoms with Crippen molar-refractivity contribution in [2.75, 3.05) is 5.32 Å². The third kappa shape index (κ3) is 3.54. The molecule has 1 amide bonds. The van der Waals surface area contributed by atoms with Gasteiger partial charge in [0.25, 0.3) is 0 Å². The third-order valence-corrected chi connectivity index (χ3v) is 3.72. The first kappa shape index (κ1) is 16.1. The molecule has 1 aromatic rings. The summed E-state index contributed by atoms with van der Waals surface area (Å²) in [7, 11) is 0. The molecule has 5 nitrogen and oxygen atoms in total. The van der Waals surface area contributed by atoms with Crippen molar-refractivity contribution in [1.29, 1.82) is 0 Å². The molecule has 19 heavy (non-hydrogen) atoms. The van der Waals surface area contributed by atoms with Crippen LogP contribution in [0.5, 0.6) is 0 Å². The Morgan fingerprint density at radius 3 is 2.37 bits per heavy atom. The Morgan fingerprint density at radius 2 is 1.89 bits per heavy atom. The van der Waals surface area contributed by atoms with Crippen LogP contribution in [0.3, 0.4) is 0 Å². The second-order valence-corrected chi connectivity index (χ2v) is 5.21. The van der Waals surface area contributed by atoms with Crippen molar-refractivity contribution in [3.63, 3.8) is 0 Å². The number of nitrogens with two attached hydrogens (primary N) is 1. The molecule has 1 aliphatic rings. The summed E-state index contributed by atoms with van der Waals surface area (Å²) in [5.41, 5.74) is 4.87. The molecule has 108 valence electrons. The number of carbonyl (C=O) groups excluding carboxylic acids is 1. The number of anilines is 1. The SMILES string of the molecule is Cl.NC1(C(=O)Nc2nnc(C(F)(F)F)s2)CCCC1. The fraction of sp³-hybridized carbons (Fsp3) is 0.667. The number of hydrogen-bond donors (Lipinski definition) is 2. The van der Waals surface area contributed by atoms with E-state index in [0.717, 1.165) is 12.8 Å². The average molecular weight is 317 g/mol. The Bertz CT molecular complexity index is 459. The van der Waals surface area contributed by atoms with Gasteiger partial charge < -0.3 is 5.73 Å². The number of carbonyl (C=O) groups is 1. The molecule has 0 bridgehead atoms. The summed E-state index contributed by atoms with van der Waals surface area (Å²) in [6, 6.07) is 0. The maximum Gasteiger partial charge on any atom is 0.445 e. The highest BCUT2D eigenvalue weighted by molar-refractivity contribution is 7.15. The molecule has 0 aliphatic heterocycles. The van der Waals surface area contributed by atoms with Crippen molar-refractivity contribution in [2.45, 2.75) is 37.4 Å². The van der Waals surface area contributed by atoms with E-state index in [1.807, 2.05) is 0 Å². The summed E-state index contributed by atoms with van der Waals surface area (Å²) in [4.78, 5) is 11.8. The van der Waals surface area contributed by atoms with Crippen molar-refractivity contribution >= 4 is 34.8 Å². The molecule has 0 radical (unpaired) electrons. The highest BCUT2D eigenvalue weighted by atomic mass is 35.5. The van der Waals surface area contributed by atoms with Crippen molar-refractivity contribution in [3.05, 3.63) is 5.01 Å². The van der Waals surface area contributed by atoms with Crippen LogP contribution in [0.15, 0.2) is 0 Å². The van der Waals surface area contributed by atoms with Crippen LogP contribution in [0, 0.1) is 0 Å². The van der Waals surface area contributed by atoms with E-state index < -0.39 is 22.6 Å². The first-order valence-corrected chi connectivity index (χ1v) is 6.14. The maximum absolute atomic E-state index is 12.3. The van der Waals surface area contributed by atoms with Crippen molar-refractivity contribution in [1.82, 2.24) is 10.2 Å². The average Bonchev–Trinajstić information content (AvgIpc) is 2.86. The maximum atomic E-state index is 12.3. The van der Waals surface area contributed by atoms with Crippen LogP contribution >= 0.6 is 23.7 Å². The summed E-state index contributed by atoms with van der Waals surface area (Å²) in [6.07, 6.45) is -1.80. The molecule has 10 heteroatoms. The minimum absolute atomic E-state index is 0. The van der Waals surface area contributed by atoms with Crippen LogP contribution < -0.4 is 11.1 Å². The van der Waals surface area contributed by atoms with Crippen LogP contribution in [0.2, 0.25) is 0 Å². The Morgan fingerprint density at radius 1 is 1.32 bits per heavy atom. The number of nitrogens with one attached hydrogen (secondary N) is 1. The molecule has 0 aromatic carbocycles. The van der Waals surface area contributed by atoms with Crippen molar-refractivity contribution < 1.29 is 18.0 Å². The lowest BCUT2D eigenvalue weighted by Crippen LogP contribution is -2.48. The number of aromatic nitrogens is 2. The standard InChI is InChI=1S/C9H11F3N4OS.ClH/c10-9(11,12)6-15-16-7(18-6)14-5(17)8(13)3-1-2-4-8;/h1-4,13H2,(H,14,16,17);1H. The van der Waals surface area contributed by atoms with Gasteiger partial charge in [0.1, 0.15) is 0 Å². The predicted octanol–water partition coefficient (Wildman–Crippen LogP) is 2.19. The molecular formula is C9H12ClF3N4OS. The van der Waals surface area contributed by atoms with E-state index >= 15 is 0 Å². The summed E-state index contributed by atoms with van der Waals surface area (Å²) in [5, 5.41) is 7.30. The molecule has 0 atom stereocenters. The normalized spacial score (nSPS) is 17.9. The Labute approximate surface area is 117 Å². The molecule has 1 aliphatic carbocycles. The largest absolute Gasteiger partial charge is 0.445 e. The zero-order valence-electron chi connectivity index (χ0n) is 9.66. The van der Waals surface area contributed by atoms with Crippen LogP contribution in [0.4, 0.5) is 18.3 Å². The molecule has 0 spiro atoms. The smallest absolute Gasteiger partial charge is 0.317 e. The van der Waals surface area contributed by atoms with Crippen LogP contribution in [-0.4, -0.2) is 21.6 Å². The molecule has 0 unspecified atom stereocenters. The minimum atomic E-state index is -4.55. The molecule has 1 saturated carbocycles. The number of nitrogens with zero attached hydrogens (tertiary/aromatic N) is 2. The van der Waals surface area contributed by atoms with E-state index in [0.29, 0.717) is 24.2 Å². The number of rotatable bonds is 2. The Balaban J connectivity index is 0.00000180. The highest BCUT2D eigenvalue weighted by Gasteiger charge is 2.39. The minimum Gasteiger partial charge on any atom is -0.317 e. The number of halogens is 4. The van der Waals surface area contributed by atoms with Crippen LogP contribution in [-0.2, 0) is 11.0 Å². The zero-order valence-corrected chi connectivity index (χ0v) is 11.3. The van der Waals surface area contributed by atoms with Gasteiger partial charge in [-0.1, -0.05) is 24.2 Å². The van der Waals surface area contributed by atoms with Gasteiger partial charge in [-0.2, -0.15) is 13.2 Å². The topological polar surface area (TPSA) is 80.9 Å². The summed E-state index contributed by atoms with van der Waals surface area (Å²) in [6.45, 7) is 0. The molecule has 1 fully saturated rings. The molecule has 1 aromatic heterocycles. The third-order valence-electron chi connectivity index (χ3n) is 2.84. The van der Waals surface area contributed by atoms with Gasteiger partial charge in [-0.3, -0.25) is 10.1 Å². The molecule has 0 saturated heterocycles.